The Morgan fingerprint density at radius 1 is 1.48 bits per heavy atom. The van der Waals surface area contributed by atoms with Crippen LogP contribution in [0.25, 0.3) is 0 Å². The van der Waals surface area contributed by atoms with Gasteiger partial charge in [-0.05, 0) is 38.1 Å². The molecule has 21 heavy (non-hydrogen) atoms. The molecule has 0 aliphatic heterocycles. The van der Waals surface area contributed by atoms with Crippen LogP contribution >= 0.6 is 12.2 Å². The first kappa shape index (κ1) is 15.8. The van der Waals surface area contributed by atoms with E-state index in [0.717, 1.165) is 12.8 Å². The van der Waals surface area contributed by atoms with E-state index in [9.17, 15) is 15.2 Å². The average Bonchev–Trinajstić information content (AvgIpc) is 2.42. The van der Waals surface area contributed by atoms with Crippen molar-refractivity contribution in [2.45, 2.75) is 57.0 Å². The highest BCUT2D eigenvalue weighted by Gasteiger charge is 2.34. The van der Waals surface area contributed by atoms with Gasteiger partial charge in [0.2, 0.25) is 0 Å². The van der Waals surface area contributed by atoms with Crippen molar-refractivity contribution in [3.05, 3.63) is 33.7 Å². The van der Waals surface area contributed by atoms with Crippen molar-refractivity contribution >= 4 is 17.3 Å². The smallest absolute Gasteiger partial charge is 0.290 e. The molecule has 1 unspecified atom stereocenters. The maximum atomic E-state index is 10.9. The summed E-state index contributed by atoms with van der Waals surface area (Å²) in [5.41, 5.74) is -0.846. The lowest BCUT2D eigenvalue weighted by Crippen LogP contribution is -2.52. The minimum Gasteiger partial charge on any atom is -0.502 e. The molecule has 7 heteroatoms. The van der Waals surface area contributed by atoms with E-state index in [0.29, 0.717) is 11.2 Å². The van der Waals surface area contributed by atoms with E-state index in [2.05, 4.69) is 10.6 Å². The highest BCUT2D eigenvalue weighted by molar-refractivity contribution is 7.80. The van der Waals surface area contributed by atoms with Crippen LogP contribution in [0.5, 0.6) is 0 Å². The van der Waals surface area contributed by atoms with Gasteiger partial charge in [-0.3, -0.25) is 10.1 Å². The standard InChI is InChI=1S/C14H21N3O3S/c1-14(8-7-12(18)11(9-14)17(19)20)16-13(21)15-10-5-3-2-4-6-10/h7-8,10,18H,2-6,9H2,1H3,(H2,15,16,21). The Hall–Kier alpha value is -1.63. The molecule has 2 aliphatic rings. The van der Waals surface area contributed by atoms with Crippen molar-refractivity contribution in [1.29, 1.82) is 0 Å². The summed E-state index contributed by atoms with van der Waals surface area (Å²) >= 11 is 5.32. The van der Waals surface area contributed by atoms with Crippen LogP contribution in [0.2, 0.25) is 0 Å². The Labute approximate surface area is 129 Å². The Kier molecular flexibility index (Phi) is 4.82. The zero-order valence-corrected chi connectivity index (χ0v) is 12.9. The van der Waals surface area contributed by atoms with E-state index >= 15 is 0 Å². The van der Waals surface area contributed by atoms with E-state index in [1.54, 1.807) is 6.08 Å². The van der Waals surface area contributed by atoms with Gasteiger partial charge >= 0.3 is 0 Å². The van der Waals surface area contributed by atoms with E-state index in [4.69, 9.17) is 12.2 Å². The monoisotopic (exact) mass is 311 g/mol. The van der Waals surface area contributed by atoms with Crippen molar-refractivity contribution in [2.75, 3.05) is 0 Å². The van der Waals surface area contributed by atoms with Crippen LogP contribution in [-0.2, 0) is 0 Å². The minimum absolute atomic E-state index is 0.0921. The number of hydrogen-bond donors (Lipinski definition) is 3. The molecule has 3 N–H and O–H groups in total. The number of nitrogens with zero attached hydrogens (tertiary/aromatic N) is 1. The van der Waals surface area contributed by atoms with Gasteiger partial charge in [-0.1, -0.05) is 25.3 Å². The molecule has 0 bridgehead atoms. The molecule has 0 amide bonds. The van der Waals surface area contributed by atoms with E-state index in [1.807, 2.05) is 6.92 Å². The lowest BCUT2D eigenvalue weighted by Gasteiger charge is -2.32. The second kappa shape index (κ2) is 6.43. The molecule has 2 aliphatic carbocycles. The molecule has 0 radical (unpaired) electrons. The molecule has 0 aromatic carbocycles. The number of aliphatic hydroxyl groups is 1. The van der Waals surface area contributed by atoms with Gasteiger partial charge in [-0.2, -0.15) is 0 Å². The summed E-state index contributed by atoms with van der Waals surface area (Å²) in [5, 5.41) is 27.4. The van der Waals surface area contributed by atoms with Crippen molar-refractivity contribution in [3.8, 4) is 0 Å². The van der Waals surface area contributed by atoms with Gasteiger partial charge < -0.3 is 15.7 Å². The van der Waals surface area contributed by atoms with Crippen LogP contribution in [0.4, 0.5) is 0 Å². The lowest BCUT2D eigenvalue weighted by atomic mass is 9.91. The van der Waals surface area contributed by atoms with Crippen LogP contribution in [0.15, 0.2) is 23.6 Å². The number of nitrogens with one attached hydrogen (secondary N) is 2. The quantitative estimate of drug-likeness (QED) is 0.422. The SMILES string of the molecule is CC1(NC(=S)NC2CCCCC2)C=CC(O)=C([N+](=O)[O-])C1. The van der Waals surface area contributed by atoms with Gasteiger partial charge in [0, 0.05) is 6.04 Å². The van der Waals surface area contributed by atoms with E-state index < -0.39 is 10.5 Å². The second-order valence-corrected chi connectivity index (χ2v) is 6.36. The molecular formula is C14H21N3O3S. The van der Waals surface area contributed by atoms with Crippen molar-refractivity contribution in [2.24, 2.45) is 0 Å². The first-order valence-corrected chi connectivity index (χ1v) is 7.65. The van der Waals surface area contributed by atoms with Crippen molar-refractivity contribution in [3.63, 3.8) is 0 Å². The van der Waals surface area contributed by atoms with Crippen LogP contribution in [0.1, 0.15) is 45.4 Å². The molecule has 0 spiro atoms. The molecule has 1 saturated carbocycles. The van der Waals surface area contributed by atoms with Gasteiger partial charge in [0.25, 0.3) is 5.70 Å². The predicted molar refractivity (Wildman–Crippen MR) is 84.6 cm³/mol. The Bertz CT molecular complexity index is 498. The number of thiocarbonyl (C=S) groups is 1. The van der Waals surface area contributed by atoms with Crippen molar-refractivity contribution in [1.82, 2.24) is 10.6 Å². The van der Waals surface area contributed by atoms with Gasteiger partial charge in [0.15, 0.2) is 10.9 Å². The summed E-state index contributed by atoms with van der Waals surface area (Å²) in [6.07, 6.45) is 9.06. The highest BCUT2D eigenvalue weighted by atomic mass is 32.1. The fourth-order valence-corrected chi connectivity index (χ4v) is 3.23. The molecule has 0 aromatic rings. The topological polar surface area (TPSA) is 87.4 Å². The summed E-state index contributed by atoms with van der Waals surface area (Å²) in [4.78, 5) is 10.4. The molecule has 1 atom stereocenters. The minimum atomic E-state index is -0.659. The van der Waals surface area contributed by atoms with Gasteiger partial charge in [-0.25, -0.2) is 0 Å². The van der Waals surface area contributed by atoms with E-state index in [-0.39, 0.29) is 17.9 Å². The third-order valence-corrected chi connectivity index (χ3v) is 4.22. The maximum absolute atomic E-state index is 10.9. The Morgan fingerprint density at radius 3 is 2.76 bits per heavy atom. The molecule has 0 heterocycles. The fourth-order valence-electron chi connectivity index (χ4n) is 2.83. The summed E-state index contributed by atoms with van der Waals surface area (Å²) < 4.78 is 0. The highest BCUT2D eigenvalue weighted by Crippen LogP contribution is 2.26. The normalized spacial score (nSPS) is 26.5. The van der Waals surface area contributed by atoms with Crippen molar-refractivity contribution < 1.29 is 10.0 Å². The number of allylic oxidation sites excluding steroid dienone is 1. The predicted octanol–water partition coefficient (Wildman–Crippen LogP) is 2.55. The Balaban J connectivity index is 1.94. The Morgan fingerprint density at radius 2 is 2.14 bits per heavy atom. The van der Waals surface area contributed by atoms with Crippen LogP contribution in [-0.4, -0.2) is 26.7 Å². The molecule has 6 nitrogen and oxygen atoms in total. The molecule has 2 rings (SSSR count). The van der Waals surface area contributed by atoms with Crippen LogP contribution in [0.3, 0.4) is 0 Å². The number of aliphatic hydroxyl groups excluding tert-OH is 1. The zero-order valence-electron chi connectivity index (χ0n) is 12.1. The maximum Gasteiger partial charge on any atom is 0.290 e. The molecule has 0 aromatic heterocycles. The van der Waals surface area contributed by atoms with Crippen LogP contribution in [0, 0.1) is 10.1 Å². The first-order valence-electron chi connectivity index (χ1n) is 7.24. The van der Waals surface area contributed by atoms with Gasteiger partial charge in [-0.15, -0.1) is 0 Å². The lowest BCUT2D eigenvalue weighted by molar-refractivity contribution is -0.431. The summed E-state index contributed by atoms with van der Waals surface area (Å²) in [6.45, 7) is 1.83. The third kappa shape index (κ3) is 4.17. The molecule has 1 fully saturated rings. The summed E-state index contributed by atoms with van der Waals surface area (Å²) in [5.74, 6) is -0.287. The number of rotatable bonds is 3. The van der Waals surface area contributed by atoms with Gasteiger partial charge in [0.05, 0.1) is 16.9 Å². The number of hydrogen-bond acceptors (Lipinski definition) is 4. The second-order valence-electron chi connectivity index (χ2n) is 5.95. The number of nitro groups is 1. The molecule has 0 saturated heterocycles. The van der Waals surface area contributed by atoms with Gasteiger partial charge in [0.1, 0.15) is 0 Å². The van der Waals surface area contributed by atoms with Crippen LogP contribution < -0.4 is 10.6 Å². The third-order valence-electron chi connectivity index (χ3n) is 4.00. The zero-order chi connectivity index (χ0) is 15.5. The van der Waals surface area contributed by atoms with E-state index in [1.165, 1.54) is 25.3 Å². The first-order chi connectivity index (χ1) is 9.89. The fraction of sp³-hybridized carbons (Fsp3) is 0.643. The average molecular weight is 311 g/mol. The largest absolute Gasteiger partial charge is 0.502 e. The summed E-state index contributed by atoms with van der Waals surface area (Å²) in [7, 11) is 0. The summed E-state index contributed by atoms with van der Waals surface area (Å²) in [6, 6.07) is 0.383. The molecular weight excluding hydrogens is 290 g/mol. The molecule has 116 valence electrons.